The minimum absolute atomic E-state index is 0. The maximum atomic E-state index is 10.4. The summed E-state index contributed by atoms with van der Waals surface area (Å²) < 4.78 is 0. The van der Waals surface area contributed by atoms with Gasteiger partial charge in [0.2, 0.25) is 0 Å². The van der Waals surface area contributed by atoms with Crippen LogP contribution in [0, 0.1) is 5.92 Å². The monoisotopic (exact) mass is 116 g/mol. The van der Waals surface area contributed by atoms with E-state index < -0.39 is 0 Å². The molecule has 0 radical (unpaired) electrons. The quantitative estimate of drug-likeness (QED) is 0.541. The van der Waals surface area contributed by atoms with Gasteiger partial charge in [-0.3, -0.25) is 4.79 Å². The predicted octanol–water partition coefficient (Wildman–Crippen LogP) is 2.26. The molecule has 1 nitrogen and oxygen atoms in total. The van der Waals surface area contributed by atoms with Crippen LogP contribution in [0.4, 0.5) is 0 Å². The van der Waals surface area contributed by atoms with Crippen molar-refractivity contribution in [3.8, 4) is 0 Å². The molecule has 0 rings (SSSR count). The number of hydrogen-bond acceptors (Lipinski definition) is 1. The Morgan fingerprint density at radius 2 is 2.00 bits per heavy atom. The zero-order valence-corrected chi connectivity index (χ0v) is 5.19. The summed E-state index contributed by atoms with van der Waals surface area (Å²) in [5.41, 5.74) is 0. The fourth-order valence-corrected chi connectivity index (χ4v) is 0.287. The van der Waals surface area contributed by atoms with Crippen molar-refractivity contribution in [1.29, 1.82) is 0 Å². The second-order valence-corrected chi connectivity index (χ2v) is 1.92. The molecule has 1 unspecified atom stereocenters. The molecule has 0 bridgehead atoms. The lowest BCUT2D eigenvalue weighted by Crippen LogP contribution is -2.03. The predicted molar refractivity (Wildman–Crippen MR) is 36.9 cm³/mol. The lowest BCUT2D eigenvalue weighted by atomic mass is 10.1. The second-order valence-electron chi connectivity index (χ2n) is 1.92. The van der Waals surface area contributed by atoms with Gasteiger partial charge in [0.05, 0.1) is 0 Å². The van der Waals surface area contributed by atoms with E-state index in [4.69, 9.17) is 0 Å². The molecule has 0 N–H and O–H groups in total. The Kier molecular flexibility index (Phi) is 6.39. The topological polar surface area (TPSA) is 17.1 Å². The summed E-state index contributed by atoms with van der Waals surface area (Å²) in [7, 11) is 0. The van der Waals surface area contributed by atoms with Crippen LogP contribution in [0.1, 0.15) is 34.6 Å². The van der Waals surface area contributed by atoms with Crippen molar-refractivity contribution in [2.75, 3.05) is 0 Å². The fourth-order valence-electron chi connectivity index (χ4n) is 0.287. The first-order valence-electron chi connectivity index (χ1n) is 2.69. The Morgan fingerprint density at radius 1 is 1.62 bits per heavy atom. The van der Waals surface area contributed by atoms with Crippen LogP contribution in [0.15, 0.2) is 0 Å². The molecule has 0 amide bonds. The van der Waals surface area contributed by atoms with Crippen LogP contribution in [0.25, 0.3) is 0 Å². The number of hydrogen-bond donors (Lipinski definition) is 0. The van der Waals surface area contributed by atoms with Crippen LogP contribution in [-0.2, 0) is 4.79 Å². The third-order valence-corrected chi connectivity index (χ3v) is 1.31. The van der Waals surface area contributed by atoms with Gasteiger partial charge >= 0.3 is 0 Å². The molecule has 0 aromatic heterocycles. The molecule has 0 saturated heterocycles. The molecular formula is C7H16O. The summed E-state index contributed by atoms with van der Waals surface area (Å²) in [5, 5.41) is 0. The Bertz CT molecular complexity index is 66.8. The number of ketones is 1. The first-order chi connectivity index (χ1) is 3.18. The van der Waals surface area contributed by atoms with Gasteiger partial charge in [0, 0.05) is 5.92 Å². The van der Waals surface area contributed by atoms with Gasteiger partial charge in [-0.2, -0.15) is 0 Å². The van der Waals surface area contributed by atoms with Gasteiger partial charge in [-0.05, 0) is 13.3 Å². The van der Waals surface area contributed by atoms with Gasteiger partial charge < -0.3 is 0 Å². The first-order valence-corrected chi connectivity index (χ1v) is 2.69. The van der Waals surface area contributed by atoms with Gasteiger partial charge in [-0.25, -0.2) is 0 Å². The summed E-state index contributed by atoms with van der Waals surface area (Å²) in [4.78, 5) is 10.4. The molecule has 0 aliphatic rings. The van der Waals surface area contributed by atoms with E-state index in [0.717, 1.165) is 6.42 Å². The molecule has 0 aliphatic carbocycles. The normalized spacial score (nSPS) is 11.9. The van der Waals surface area contributed by atoms with Crippen molar-refractivity contribution in [2.45, 2.75) is 34.6 Å². The Morgan fingerprint density at radius 3 is 2.00 bits per heavy atom. The number of carbonyl (C=O) groups excluding carboxylic acids is 1. The average molecular weight is 116 g/mol. The van der Waals surface area contributed by atoms with E-state index in [0.29, 0.717) is 5.78 Å². The van der Waals surface area contributed by atoms with E-state index in [1.54, 1.807) is 6.92 Å². The summed E-state index contributed by atoms with van der Waals surface area (Å²) in [6.45, 7) is 5.60. The van der Waals surface area contributed by atoms with E-state index in [9.17, 15) is 4.79 Å². The van der Waals surface area contributed by atoms with Gasteiger partial charge in [-0.1, -0.05) is 21.3 Å². The highest BCUT2D eigenvalue weighted by Gasteiger charge is 2.01. The van der Waals surface area contributed by atoms with E-state index in [1.165, 1.54) is 0 Å². The summed E-state index contributed by atoms with van der Waals surface area (Å²) >= 11 is 0. The molecule has 0 fully saturated rings. The minimum atomic E-state index is 0. The van der Waals surface area contributed by atoms with Crippen LogP contribution in [0.3, 0.4) is 0 Å². The zero-order valence-electron chi connectivity index (χ0n) is 5.19. The molecule has 1 heteroatoms. The highest BCUT2D eigenvalue weighted by molar-refractivity contribution is 5.77. The van der Waals surface area contributed by atoms with Crippen LogP contribution in [0.5, 0.6) is 0 Å². The highest BCUT2D eigenvalue weighted by atomic mass is 16.1. The lowest BCUT2D eigenvalue weighted by molar-refractivity contribution is -0.120. The van der Waals surface area contributed by atoms with Crippen molar-refractivity contribution in [3.05, 3.63) is 0 Å². The smallest absolute Gasteiger partial charge is 0.132 e. The first kappa shape index (κ1) is 10.6. The Labute approximate surface area is 52.1 Å². The van der Waals surface area contributed by atoms with E-state index >= 15 is 0 Å². The van der Waals surface area contributed by atoms with Crippen LogP contribution < -0.4 is 0 Å². The number of rotatable bonds is 2. The maximum Gasteiger partial charge on any atom is 0.132 e. The number of carbonyl (C=O) groups is 1. The molecule has 1 atom stereocenters. The SMILES string of the molecule is C.CCC(C)C(C)=O. The third-order valence-electron chi connectivity index (χ3n) is 1.31. The number of Topliss-reactive ketones (excluding diaryl/α,β-unsaturated/α-hetero) is 1. The molecule has 0 aromatic rings. The third kappa shape index (κ3) is 3.85. The van der Waals surface area contributed by atoms with Crippen molar-refractivity contribution in [2.24, 2.45) is 5.92 Å². The maximum absolute atomic E-state index is 10.4. The van der Waals surface area contributed by atoms with Crippen molar-refractivity contribution >= 4 is 5.78 Å². The Balaban J connectivity index is 0. The average Bonchev–Trinajstić information content (AvgIpc) is 1.65. The van der Waals surface area contributed by atoms with Gasteiger partial charge in [-0.15, -0.1) is 0 Å². The van der Waals surface area contributed by atoms with Gasteiger partial charge in [0.15, 0.2) is 0 Å². The van der Waals surface area contributed by atoms with Gasteiger partial charge in [0.1, 0.15) is 5.78 Å². The van der Waals surface area contributed by atoms with Crippen LogP contribution in [0.2, 0.25) is 0 Å². The van der Waals surface area contributed by atoms with Crippen LogP contribution >= 0.6 is 0 Å². The zero-order chi connectivity index (χ0) is 5.86. The minimum Gasteiger partial charge on any atom is -0.300 e. The van der Waals surface area contributed by atoms with E-state index in [1.807, 2.05) is 13.8 Å². The van der Waals surface area contributed by atoms with Crippen molar-refractivity contribution in [1.82, 2.24) is 0 Å². The molecular weight excluding hydrogens is 100 g/mol. The highest BCUT2D eigenvalue weighted by Crippen LogP contribution is 1.99. The summed E-state index contributed by atoms with van der Waals surface area (Å²) in [5.74, 6) is 0.558. The fraction of sp³-hybridized carbons (Fsp3) is 0.857. The summed E-state index contributed by atoms with van der Waals surface area (Å²) in [6, 6.07) is 0. The van der Waals surface area contributed by atoms with Gasteiger partial charge in [0.25, 0.3) is 0 Å². The van der Waals surface area contributed by atoms with Crippen molar-refractivity contribution in [3.63, 3.8) is 0 Å². The molecule has 0 aromatic carbocycles. The Hall–Kier alpha value is -0.330. The molecule has 0 saturated carbocycles. The summed E-state index contributed by atoms with van der Waals surface area (Å²) in [6.07, 6.45) is 0.968. The molecule has 0 spiro atoms. The largest absolute Gasteiger partial charge is 0.300 e. The molecule has 0 aliphatic heterocycles. The lowest BCUT2D eigenvalue weighted by Gasteiger charge is -1.98. The van der Waals surface area contributed by atoms with Crippen LogP contribution in [-0.4, -0.2) is 5.78 Å². The van der Waals surface area contributed by atoms with E-state index in [2.05, 4.69) is 0 Å². The standard InChI is InChI=1S/C6H12O.CH4/c1-4-5(2)6(3)7;/h5H,4H2,1-3H3;1H4. The molecule has 50 valence electrons. The second kappa shape index (κ2) is 4.82. The van der Waals surface area contributed by atoms with E-state index in [-0.39, 0.29) is 13.3 Å². The van der Waals surface area contributed by atoms with Crippen molar-refractivity contribution < 1.29 is 4.79 Å². The molecule has 8 heavy (non-hydrogen) atoms. The molecule has 0 heterocycles.